The number of thiazole rings is 1. The van der Waals surface area contributed by atoms with E-state index in [0.29, 0.717) is 16.6 Å². The van der Waals surface area contributed by atoms with Gasteiger partial charge in [0.15, 0.2) is 0 Å². The van der Waals surface area contributed by atoms with Crippen LogP contribution in [-0.4, -0.2) is 11.0 Å². The van der Waals surface area contributed by atoms with Gasteiger partial charge in [0.05, 0.1) is 5.69 Å². The van der Waals surface area contributed by atoms with Gasteiger partial charge in [0.25, 0.3) is 0 Å². The van der Waals surface area contributed by atoms with Crippen molar-refractivity contribution < 1.29 is 8.78 Å². The SMILES string of the molecule is CC(C)NCc1sc(-c2cc(F)cc(F)c2)nc1C(C)C. The van der Waals surface area contributed by atoms with Crippen molar-refractivity contribution in [2.24, 2.45) is 0 Å². The summed E-state index contributed by atoms with van der Waals surface area (Å²) in [5.41, 5.74) is 1.49. The molecule has 1 aromatic heterocycles. The second-order valence-electron chi connectivity index (χ2n) is 5.68. The van der Waals surface area contributed by atoms with Gasteiger partial charge in [0.1, 0.15) is 16.6 Å². The molecule has 114 valence electrons. The number of aromatic nitrogens is 1. The molecule has 0 fully saturated rings. The molecule has 1 heterocycles. The van der Waals surface area contributed by atoms with Crippen molar-refractivity contribution >= 4 is 11.3 Å². The highest BCUT2D eigenvalue weighted by Gasteiger charge is 2.16. The quantitative estimate of drug-likeness (QED) is 0.865. The van der Waals surface area contributed by atoms with E-state index >= 15 is 0 Å². The Morgan fingerprint density at radius 3 is 2.24 bits per heavy atom. The zero-order valence-electron chi connectivity index (χ0n) is 12.7. The predicted molar refractivity (Wildman–Crippen MR) is 83.5 cm³/mol. The van der Waals surface area contributed by atoms with Crippen LogP contribution in [0.15, 0.2) is 18.2 Å². The maximum absolute atomic E-state index is 13.4. The molecule has 0 atom stereocenters. The topological polar surface area (TPSA) is 24.9 Å². The Hall–Kier alpha value is -1.33. The third-order valence-electron chi connectivity index (χ3n) is 3.05. The monoisotopic (exact) mass is 310 g/mol. The lowest BCUT2D eigenvalue weighted by Crippen LogP contribution is -2.22. The van der Waals surface area contributed by atoms with E-state index in [1.807, 2.05) is 0 Å². The van der Waals surface area contributed by atoms with E-state index in [2.05, 4.69) is 38.0 Å². The minimum Gasteiger partial charge on any atom is -0.310 e. The van der Waals surface area contributed by atoms with Crippen LogP contribution in [0.1, 0.15) is 44.2 Å². The summed E-state index contributed by atoms with van der Waals surface area (Å²) in [7, 11) is 0. The number of nitrogens with zero attached hydrogens (tertiary/aromatic N) is 1. The fraction of sp³-hybridized carbons (Fsp3) is 0.438. The Labute approximate surface area is 128 Å². The summed E-state index contributed by atoms with van der Waals surface area (Å²) in [5, 5.41) is 4.03. The van der Waals surface area contributed by atoms with E-state index in [1.165, 1.54) is 23.5 Å². The first-order chi connectivity index (χ1) is 9.86. The van der Waals surface area contributed by atoms with E-state index in [-0.39, 0.29) is 5.92 Å². The second kappa shape index (κ2) is 6.62. The lowest BCUT2D eigenvalue weighted by Gasteiger charge is -2.09. The fourth-order valence-electron chi connectivity index (χ4n) is 2.04. The maximum atomic E-state index is 13.4. The summed E-state index contributed by atoms with van der Waals surface area (Å²) >= 11 is 1.49. The van der Waals surface area contributed by atoms with Crippen LogP contribution in [0.5, 0.6) is 0 Å². The first kappa shape index (κ1) is 16.0. The fourth-order valence-corrected chi connectivity index (χ4v) is 3.19. The summed E-state index contributed by atoms with van der Waals surface area (Å²) < 4.78 is 26.7. The van der Waals surface area contributed by atoms with Gasteiger partial charge in [-0.1, -0.05) is 27.7 Å². The van der Waals surface area contributed by atoms with Crippen LogP contribution in [0.2, 0.25) is 0 Å². The molecule has 0 saturated heterocycles. The van der Waals surface area contributed by atoms with Crippen molar-refractivity contribution in [3.05, 3.63) is 40.4 Å². The molecule has 0 spiro atoms. The summed E-state index contributed by atoms with van der Waals surface area (Å²) in [5.74, 6) is -0.876. The Balaban J connectivity index is 2.38. The van der Waals surface area contributed by atoms with Gasteiger partial charge in [-0.05, 0) is 18.1 Å². The summed E-state index contributed by atoms with van der Waals surface area (Å²) in [4.78, 5) is 5.71. The molecule has 2 aromatic rings. The maximum Gasteiger partial charge on any atom is 0.126 e. The molecule has 5 heteroatoms. The molecule has 0 unspecified atom stereocenters. The highest BCUT2D eigenvalue weighted by Crippen LogP contribution is 2.32. The average Bonchev–Trinajstić information content (AvgIpc) is 2.79. The highest BCUT2D eigenvalue weighted by molar-refractivity contribution is 7.15. The Morgan fingerprint density at radius 1 is 1.10 bits per heavy atom. The standard InChI is InChI=1S/C16H20F2N2S/c1-9(2)15-14(8-19-10(3)4)21-16(20-15)11-5-12(17)7-13(18)6-11/h5-7,9-10,19H,8H2,1-4H3. The van der Waals surface area contributed by atoms with Crippen molar-refractivity contribution in [3.8, 4) is 10.6 Å². The van der Waals surface area contributed by atoms with Gasteiger partial charge >= 0.3 is 0 Å². The second-order valence-corrected chi connectivity index (χ2v) is 6.76. The molecule has 0 radical (unpaired) electrons. The molecule has 0 amide bonds. The smallest absolute Gasteiger partial charge is 0.126 e. The van der Waals surface area contributed by atoms with Gasteiger partial charge in [0.2, 0.25) is 0 Å². The van der Waals surface area contributed by atoms with Gasteiger partial charge in [-0.15, -0.1) is 11.3 Å². The zero-order chi connectivity index (χ0) is 15.6. The number of rotatable bonds is 5. The van der Waals surface area contributed by atoms with E-state index in [4.69, 9.17) is 0 Å². The minimum atomic E-state index is -0.576. The number of hydrogen-bond donors (Lipinski definition) is 1. The van der Waals surface area contributed by atoms with Gasteiger partial charge in [-0.2, -0.15) is 0 Å². The first-order valence-corrected chi connectivity index (χ1v) is 7.88. The Kier molecular flexibility index (Phi) is 5.06. The summed E-state index contributed by atoms with van der Waals surface area (Å²) in [6.07, 6.45) is 0. The molecule has 1 N–H and O–H groups in total. The van der Waals surface area contributed by atoms with Crippen molar-refractivity contribution in [1.29, 1.82) is 0 Å². The molecule has 0 aliphatic rings. The minimum absolute atomic E-state index is 0.275. The normalized spacial score (nSPS) is 11.6. The summed E-state index contributed by atoms with van der Waals surface area (Å²) in [6, 6.07) is 3.90. The van der Waals surface area contributed by atoms with Crippen molar-refractivity contribution in [3.63, 3.8) is 0 Å². The molecular weight excluding hydrogens is 290 g/mol. The molecule has 2 nitrogen and oxygen atoms in total. The molecule has 0 aliphatic carbocycles. The zero-order valence-corrected chi connectivity index (χ0v) is 13.5. The van der Waals surface area contributed by atoms with E-state index in [0.717, 1.165) is 23.2 Å². The highest BCUT2D eigenvalue weighted by atomic mass is 32.1. The van der Waals surface area contributed by atoms with Crippen LogP contribution in [0, 0.1) is 11.6 Å². The Morgan fingerprint density at radius 2 is 1.71 bits per heavy atom. The van der Waals surface area contributed by atoms with Gasteiger partial charge in [-0.25, -0.2) is 13.8 Å². The van der Waals surface area contributed by atoms with Crippen LogP contribution in [0.4, 0.5) is 8.78 Å². The lowest BCUT2D eigenvalue weighted by molar-refractivity contribution is 0.584. The van der Waals surface area contributed by atoms with Crippen LogP contribution >= 0.6 is 11.3 Å². The van der Waals surface area contributed by atoms with Gasteiger partial charge < -0.3 is 5.32 Å². The van der Waals surface area contributed by atoms with Crippen LogP contribution < -0.4 is 5.32 Å². The van der Waals surface area contributed by atoms with Crippen LogP contribution in [-0.2, 0) is 6.54 Å². The van der Waals surface area contributed by atoms with E-state index in [1.54, 1.807) is 0 Å². The van der Waals surface area contributed by atoms with Crippen molar-refractivity contribution in [2.75, 3.05) is 0 Å². The third kappa shape index (κ3) is 4.08. The average molecular weight is 310 g/mol. The van der Waals surface area contributed by atoms with E-state index < -0.39 is 11.6 Å². The number of benzene rings is 1. The Bertz CT molecular complexity index is 600. The van der Waals surface area contributed by atoms with Crippen LogP contribution in [0.3, 0.4) is 0 Å². The largest absolute Gasteiger partial charge is 0.310 e. The molecule has 0 saturated carbocycles. The molecule has 0 aliphatic heterocycles. The number of hydrogen-bond acceptors (Lipinski definition) is 3. The molecule has 0 bridgehead atoms. The molecule has 2 rings (SSSR count). The van der Waals surface area contributed by atoms with E-state index in [9.17, 15) is 8.78 Å². The van der Waals surface area contributed by atoms with Crippen LogP contribution in [0.25, 0.3) is 10.6 Å². The predicted octanol–water partition coefficient (Wildman–Crippen LogP) is 4.71. The molecular formula is C16H20F2N2S. The third-order valence-corrected chi connectivity index (χ3v) is 4.18. The molecule has 21 heavy (non-hydrogen) atoms. The van der Waals surface area contributed by atoms with Crippen molar-refractivity contribution in [1.82, 2.24) is 10.3 Å². The van der Waals surface area contributed by atoms with Gasteiger partial charge in [-0.3, -0.25) is 0 Å². The lowest BCUT2D eigenvalue weighted by atomic mass is 10.1. The van der Waals surface area contributed by atoms with Crippen molar-refractivity contribution in [2.45, 2.75) is 46.2 Å². The number of nitrogens with one attached hydrogen (secondary N) is 1. The van der Waals surface area contributed by atoms with Gasteiger partial charge in [0, 0.05) is 29.1 Å². The first-order valence-electron chi connectivity index (χ1n) is 7.06. The number of halogens is 2. The molecule has 1 aromatic carbocycles. The summed E-state index contributed by atoms with van der Waals surface area (Å²) in [6.45, 7) is 9.03.